The predicted molar refractivity (Wildman–Crippen MR) is 57.4 cm³/mol. The summed E-state index contributed by atoms with van der Waals surface area (Å²) in [6.45, 7) is 2.24. The third-order valence-electron chi connectivity index (χ3n) is 2.88. The molecule has 82 valence electrons. The molecule has 1 aliphatic heterocycles. The van der Waals surface area contributed by atoms with Gasteiger partial charge >= 0.3 is 0 Å². The summed E-state index contributed by atoms with van der Waals surface area (Å²) in [7, 11) is 0. The fraction of sp³-hybridized carbons (Fsp3) is 0.900. The number of amidine groups is 1. The number of rotatable bonds is 5. The molecule has 0 spiro atoms. The van der Waals surface area contributed by atoms with E-state index >= 15 is 0 Å². The highest BCUT2D eigenvalue weighted by atomic mass is 16.3. The van der Waals surface area contributed by atoms with Gasteiger partial charge < -0.3 is 10.8 Å². The predicted octanol–water partition coefficient (Wildman–Crippen LogP) is 0.549. The van der Waals surface area contributed by atoms with Gasteiger partial charge in [0.2, 0.25) is 0 Å². The van der Waals surface area contributed by atoms with Crippen LogP contribution in [-0.4, -0.2) is 41.6 Å². The fourth-order valence-electron chi connectivity index (χ4n) is 2.09. The minimum atomic E-state index is 0.262. The summed E-state index contributed by atoms with van der Waals surface area (Å²) in [5.74, 6) is 0.262. The summed E-state index contributed by atoms with van der Waals surface area (Å²) in [5.41, 5.74) is 5.34. The van der Waals surface area contributed by atoms with Gasteiger partial charge in [0.25, 0.3) is 0 Å². The van der Waals surface area contributed by atoms with Crippen LogP contribution in [0.15, 0.2) is 0 Å². The van der Waals surface area contributed by atoms with Crippen molar-refractivity contribution in [3.8, 4) is 0 Å². The van der Waals surface area contributed by atoms with Gasteiger partial charge in [-0.25, -0.2) is 0 Å². The summed E-state index contributed by atoms with van der Waals surface area (Å²) in [6, 6.07) is 0.507. The molecule has 4 nitrogen and oxygen atoms in total. The lowest BCUT2D eigenvalue weighted by atomic mass is 9.99. The Labute approximate surface area is 85.6 Å². The van der Waals surface area contributed by atoms with Crippen LogP contribution in [0, 0.1) is 5.41 Å². The first-order chi connectivity index (χ1) is 6.74. The molecule has 4 N–H and O–H groups in total. The van der Waals surface area contributed by atoms with Gasteiger partial charge in [-0.2, -0.15) is 0 Å². The highest BCUT2D eigenvalue weighted by molar-refractivity contribution is 5.76. The third kappa shape index (κ3) is 3.64. The summed E-state index contributed by atoms with van der Waals surface area (Å²) in [5, 5.41) is 16.1. The van der Waals surface area contributed by atoms with Crippen molar-refractivity contribution in [1.82, 2.24) is 4.90 Å². The van der Waals surface area contributed by atoms with Crippen molar-refractivity contribution in [2.45, 2.75) is 38.1 Å². The number of aliphatic hydroxyl groups is 1. The number of hydrogen-bond acceptors (Lipinski definition) is 3. The minimum absolute atomic E-state index is 0.262. The van der Waals surface area contributed by atoms with Gasteiger partial charge in [-0.1, -0.05) is 6.42 Å². The molecule has 0 radical (unpaired) electrons. The Hall–Kier alpha value is -0.610. The zero-order valence-electron chi connectivity index (χ0n) is 8.71. The van der Waals surface area contributed by atoms with Gasteiger partial charge in [-0.3, -0.25) is 10.3 Å². The van der Waals surface area contributed by atoms with Gasteiger partial charge in [-0.05, 0) is 25.8 Å². The maximum atomic E-state index is 8.92. The highest BCUT2D eigenvalue weighted by Gasteiger charge is 2.21. The van der Waals surface area contributed by atoms with Crippen molar-refractivity contribution < 1.29 is 5.11 Å². The van der Waals surface area contributed by atoms with E-state index in [1.54, 1.807) is 0 Å². The molecule has 0 aliphatic carbocycles. The van der Waals surface area contributed by atoms with E-state index in [1.165, 1.54) is 19.3 Å². The van der Waals surface area contributed by atoms with E-state index in [9.17, 15) is 0 Å². The van der Waals surface area contributed by atoms with E-state index in [-0.39, 0.29) is 12.4 Å². The zero-order valence-corrected chi connectivity index (χ0v) is 8.71. The van der Waals surface area contributed by atoms with E-state index in [4.69, 9.17) is 16.2 Å². The van der Waals surface area contributed by atoms with Gasteiger partial charge in [0.05, 0.1) is 5.84 Å². The summed E-state index contributed by atoms with van der Waals surface area (Å²) >= 11 is 0. The van der Waals surface area contributed by atoms with Crippen LogP contribution in [0.4, 0.5) is 0 Å². The Kier molecular flexibility index (Phi) is 4.90. The number of nitrogens with zero attached hydrogens (tertiary/aromatic N) is 1. The van der Waals surface area contributed by atoms with Crippen molar-refractivity contribution in [2.24, 2.45) is 5.73 Å². The van der Waals surface area contributed by atoms with Crippen LogP contribution in [0.25, 0.3) is 0 Å². The summed E-state index contributed by atoms with van der Waals surface area (Å²) < 4.78 is 0. The second-order valence-electron chi connectivity index (χ2n) is 3.97. The normalized spacial score (nSPS) is 23.6. The molecule has 0 bridgehead atoms. The first-order valence-corrected chi connectivity index (χ1v) is 5.42. The van der Waals surface area contributed by atoms with Crippen LogP contribution in [0.5, 0.6) is 0 Å². The third-order valence-corrected chi connectivity index (χ3v) is 2.88. The van der Waals surface area contributed by atoms with E-state index in [2.05, 4.69) is 4.90 Å². The lowest BCUT2D eigenvalue weighted by molar-refractivity contribution is 0.122. The largest absolute Gasteiger partial charge is 0.396 e. The second kappa shape index (κ2) is 5.98. The lowest BCUT2D eigenvalue weighted by Gasteiger charge is -2.35. The van der Waals surface area contributed by atoms with Crippen LogP contribution in [-0.2, 0) is 0 Å². The molecule has 14 heavy (non-hydrogen) atoms. The van der Waals surface area contributed by atoms with Crippen molar-refractivity contribution in [1.29, 1.82) is 5.41 Å². The van der Waals surface area contributed by atoms with Crippen molar-refractivity contribution in [3.63, 3.8) is 0 Å². The van der Waals surface area contributed by atoms with E-state index in [1.807, 2.05) is 0 Å². The Morgan fingerprint density at radius 3 is 2.93 bits per heavy atom. The Bertz CT molecular complexity index is 182. The van der Waals surface area contributed by atoms with Crippen LogP contribution < -0.4 is 5.73 Å². The molecule has 0 amide bonds. The number of hydrogen-bond donors (Lipinski definition) is 3. The van der Waals surface area contributed by atoms with Crippen LogP contribution in [0.1, 0.15) is 32.1 Å². The average molecular weight is 199 g/mol. The molecule has 1 heterocycles. The average Bonchev–Trinajstić information content (AvgIpc) is 2.17. The van der Waals surface area contributed by atoms with Crippen molar-refractivity contribution in [2.75, 3.05) is 19.7 Å². The number of nitrogens with two attached hydrogens (primary N) is 1. The second-order valence-corrected chi connectivity index (χ2v) is 3.97. The molecule has 4 heteroatoms. The molecule has 1 unspecified atom stereocenters. The minimum Gasteiger partial charge on any atom is -0.396 e. The van der Waals surface area contributed by atoms with E-state index < -0.39 is 0 Å². The monoisotopic (exact) mass is 199 g/mol. The maximum absolute atomic E-state index is 8.92. The smallest absolute Gasteiger partial charge is 0.0918 e. The molecule has 1 aliphatic rings. The molecule has 0 saturated carbocycles. The first kappa shape index (κ1) is 11.5. The fourth-order valence-corrected chi connectivity index (χ4v) is 2.09. The van der Waals surface area contributed by atoms with Gasteiger partial charge in [-0.15, -0.1) is 0 Å². The van der Waals surface area contributed by atoms with Crippen molar-refractivity contribution >= 4 is 5.84 Å². The maximum Gasteiger partial charge on any atom is 0.0918 e. The molecule has 0 aromatic rings. The SMILES string of the molecule is N=C(N)CCN1CCCCC1CCO. The Morgan fingerprint density at radius 1 is 1.50 bits per heavy atom. The van der Waals surface area contributed by atoms with Crippen molar-refractivity contribution in [3.05, 3.63) is 0 Å². The zero-order chi connectivity index (χ0) is 10.4. The molecule has 0 aromatic carbocycles. The lowest BCUT2D eigenvalue weighted by Crippen LogP contribution is -2.41. The van der Waals surface area contributed by atoms with Crippen LogP contribution in [0.3, 0.4) is 0 Å². The number of aliphatic hydroxyl groups excluding tert-OH is 1. The molecule has 1 saturated heterocycles. The van der Waals surface area contributed by atoms with E-state index in [0.717, 1.165) is 19.5 Å². The molecular weight excluding hydrogens is 178 g/mol. The number of piperidine rings is 1. The van der Waals surface area contributed by atoms with Crippen LogP contribution in [0.2, 0.25) is 0 Å². The van der Waals surface area contributed by atoms with Gasteiger partial charge in [0.15, 0.2) is 0 Å². The molecule has 0 aromatic heterocycles. The Morgan fingerprint density at radius 2 is 2.29 bits per heavy atom. The molecule has 1 atom stereocenters. The van der Waals surface area contributed by atoms with Gasteiger partial charge in [0.1, 0.15) is 0 Å². The molecule has 1 rings (SSSR count). The Balaban J connectivity index is 2.33. The topological polar surface area (TPSA) is 73.3 Å². The number of likely N-dealkylation sites (tertiary alicyclic amines) is 1. The molecular formula is C10H21N3O. The quantitative estimate of drug-likeness (QED) is 0.447. The van der Waals surface area contributed by atoms with Crippen LogP contribution >= 0.6 is 0 Å². The summed E-state index contributed by atoms with van der Waals surface area (Å²) in [6.07, 6.45) is 5.19. The summed E-state index contributed by atoms with van der Waals surface area (Å²) in [4.78, 5) is 2.36. The number of nitrogens with one attached hydrogen (secondary N) is 1. The standard InChI is InChI=1S/C10H21N3O/c11-10(12)4-7-13-6-2-1-3-9(13)5-8-14/h9,14H,1-8H2,(H3,11,12). The highest BCUT2D eigenvalue weighted by Crippen LogP contribution is 2.19. The molecule has 1 fully saturated rings. The van der Waals surface area contributed by atoms with Gasteiger partial charge in [0, 0.05) is 25.6 Å². The van der Waals surface area contributed by atoms with E-state index in [0.29, 0.717) is 12.5 Å². The first-order valence-electron chi connectivity index (χ1n) is 5.42.